The zero-order valence-electron chi connectivity index (χ0n) is 19.6. The average Bonchev–Trinajstić information content (AvgIpc) is 3.25. The van der Waals surface area contributed by atoms with E-state index in [0.717, 1.165) is 59.1 Å². The topological polar surface area (TPSA) is 70.6 Å². The van der Waals surface area contributed by atoms with Crippen LogP contribution in [0.25, 0.3) is 10.2 Å². The number of nitrogens with one attached hydrogen (secondary N) is 1. The molecule has 35 heavy (non-hydrogen) atoms. The van der Waals surface area contributed by atoms with Gasteiger partial charge in [0.05, 0.1) is 17.4 Å². The fourth-order valence-electron chi connectivity index (χ4n) is 4.34. The lowest BCUT2D eigenvalue weighted by Crippen LogP contribution is -2.46. The van der Waals surface area contributed by atoms with Crippen molar-refractivity contribution in [3.05, 3.63) is 76.7 Å². The number of methoxy groups -OCH3 is 1. The summed E-state index contributed by atoms with van der Waals surface area (Å²) in [5, 5.41) is 3.87. The summed E-state index contributed by atoms with van der Waals surface area (Å²) in [5.74, 6) is 1.26. The Bertz CT molecular complexity index is 1330. The number of fused-ring (bicyclic) bond motifs is 1. The van der Waals surface area contributed by atoms with E-state index >= 15 is 0 Å². The van der Waals surface area contributed by atoms with Gasteiger partial charge >= 0.3 is 0 Å². The third-order valence-corrected chi connectivity index (χ3v) is 7.49. The molecule has 5 rings (SSSR count). The summed E-state index contributed by atoms with van der Waals surface area (Å²) in [7, 11) is 1.67. The quantitative estimate of drug-likeness (QED) is 0.431. The molecule has 0 aliphatic carbocycles. The van der Waals surface area contributed by atoms with Crippen molar-refractivity contribution in [3.63, 3.8) is 0 Å². The molecule has 2 aromatic heterocycles. The van der Waals surface area contributed by atoms with E-state index in [0.29, 0.717) is 11.4 Å². The lowest BCUT2D eigenvalue weighted by molar-refractivity contribution is 0.0954. The Balaban J connectivity index is 1.31. The van der Waals surface area contributed by atoms with Crippen LogP contribution < -0.4 is 19.9 Å². The maximum Gasteiger partial charge on any atom is 0.261 e. The number of ether oxygens (including phenoxy) is 1. The summed E-state index contributed by atoms with van der Waals surface area (Å²) >= 11 is 1.38. The van der Waals surface area contributed by atoms with Crippen LogP contribution in [0, 0.1) is 12.7 Å². The zero-order chi connectivity index (χ0) is 24.4. The molecular formula is C26H26FN5O2S. The smallest absolute Gasteiger partial charge is 0.261 e. The molecule has 0 spiro atoms. The molecule has 0 radical (unpaired) electrons. The molecule has 1 N–H and O–H groups in total. The highest BCUT2D eigenvalue weighted by Gasteiger charge is 2.24. The Morgan fingerprint density at radius 2 is 1.71 bits per heavy atom. The number of aryl methyl sites for hydroxylation is 1. The molecule has 1 fully saturated rings. The van der Waals surface area contributed by atoms with Gasteiger partial charge in [-0.3, -0.25) is 4.79 Å². The molecule has 1 aliphatic heterocycles. The van der Waals surface area contributed by atoms with Crippen LogP contribution >= 0.6 is 11.3 Å². The van der Waals surface area contributed by atoms with E-state index in [-0.39, 0.29) is 11.7 Å². The van der Waals surface area contributed by atoms with Gasteiger partial charge in [-0.2, -0.15) is 0 Å². The maximum absolute atomic E-state index is 13.1. The molecule has 1 saturated heterocycles. The molecule has 4 aromatic rings. The first kappa shape index (κ1) is 23.0. The summed E-state index contributed by atoms with van der Waals surface area (Å²) in [6.07, 6.45) is 1.57. The van der Waals surface area contributed by atoms with Gasteiger partial charge in [-0.05, 0) is 54.4 Å². The molecule has 7 nitrogen and oxygen atoms in total. The molecule has 0 saturated carbocycles. The number of piperazine rings is 1. The zero-order valence-corrected chi connectivity index (χ0v) is 20.4. The molecule has 1 amide bonds. The third kappa shape index (κ3) is 4.77. The number of hydrogen-bond acceptors (Lipinski definition) is 7. The van der Waals surface area contributed by atoms with Gasteiger partial charge in [-0.25, -0.2) is 14.4 Å². The van der Waals surface area contributed by atoms with Crippen molar-refractivity contribution in [1.29, 1.82) is 0 Å². The molecule has 3 heterocycles. The Kier molecular flexibility index (Phi) is 6.50. The van der Waals surface area contributed by atoms with Gasteiger partial charge in [0.25, 0.3) is 5.91 Å². The van der Waals surface area contributed by atoms with Crippen LogP contribution in [0.1, 0.15) is 20.8 Å². The van der Waals surface area contributed by atoms with Crippen LogP contribution in [0.15, 0.2) is 54.9 Å². The first-order valence-corrected chi connectivity index (χ1v) is 12.3. The van der Waals surface area contributed by atoms with E-state index in [1.54, 1.807) is 25.6 Å². The molecule has 180 valence electrons. The van der Waals surface area contributed by atoms with Crippen molar-refractivity contribution in [2.24, 2.45) is 0 Å². The van der Waals surface area contributed by atoms with E-state index in [9.17, 15) is 9.18 Å². The molecular weight excluding hydrogens is 465 g/mol. The Hall–Kier alpha value is -3.72. The molecule has 0 unspecified atom stereocenters. The summed E-state index contributed by atoms with van der Waals surface area (Å²) < 4.78 is 18.4. The van der Waals surface area contributed by atoms with E-state index in [1.807, 2.05) is 19.1 Å². The van der Waals surface area contributed by atoms with Crippen molar-refractivity contribution in [2.45, 2.75) is 13.5 Å². The number of carbonyl (C=O) groups excluding carboxylic acids is 1. The van der Waals surface area contributed by atoms with Crippen LogP contribution in [0.4, 0.5) is 15.9 Å². The number of hydrogen-bond donors (Lipinski definition) is 1. The van der Waals surface area contributed by atoms with E-state index < -0.39 is 0 Å². The minimum Gasteiger partial charge on any atom is -0.497 e. The van der Waals surface area contributed by atoms with E-state index in [1.165, 1.54) is 29.2 Å². The number of halogens is 1. The van der Waals surface area contributed by atoms with E-state index in [4.69, 9.17) is 4.74 Å². The van der Waals surface area contributed by atoms with Crippen molar-refractivity contribution in [3.8, 4) is 5.75 Å². The molecule has 2 aromatic carbocycles. The monoisotopic (exact) mass is 491 g/mol. The second-order valence-electron chi connectivity index (χ2n) is 8.41. The van der Waals surface area contributed by atoms with Crippen molar-refractivity contribution < 1.29 is 13.9 Å². The number of nitrogens with zero attached hydrogens (tertiary/aromatic N) is 4. The average molecular weight is 492 g/mol. The fraction of sp³-hybridized carbons (Fsp3) is 0.269. The number of amides is 1. The Morgan fingerprint density at radius 3 is 2.40 bits per heavy atom. The van der Waals surface area contributed by atoms with Gasteiger partial charge in [0.1, 0.15) is 28.5 Å². The maximum atomic E-state index is 13.1. The van der Waals surface area contributed by atoms with Gasteiger partial charge in [0.15, 0.2) is 0 Å². The number of rotatable bonds is 6. The van der Waals surface area contributed by atoms with Crippen molar-refractivity contribution in [1.82, 2.24) is 15.3 Å². The minimum absolute atomic E-state index is 0.162. The fourth-order valence-corrected chi connectivity index (χ4v) is 5.40. The number of benzene rings is 2. The molecule has 9 heteroatoms. The second-order valence-corrected chi connectivity index (χ2v) is 9.41. The van der Waals surface area contributed by atoms with Crippen LogP contribution in [0.2, 0.25) is 0 Å². The summed E-state index contributed by atoms with van der Waals surface area (Å²) in [5.41, 5.74) is 2.90. The lowest BCUT2D eigenvalue weighted by atomic mass is 10.1. The largest absolute Gasteiger partial charge is 0.497 e. The Labute approximate surface area is 207 Å². The van der Waals surface area contributed by atoms with Crippen LogP contribution in [0.3, 0.4) is 0 Å². The minimum atomic E-state index is -0.295. The van der Waals surface area contributed by atoms with Gasteiger partial charge < -0.3 is 19.9 Å². The van der Waals surface area contributed by atoms with Crippen LogP contribution in [0.5, 0.6) is 5.75 Å². The molecule has 0 bridgehead atoms. The van der Waals surface area contributed by atoms with Crippen molar-refractivity contribution >= 4 is 39.0 Å². The lowest BCUT2D eigenvalue weighted by Gasteiger charge is -2.37. The summed E-state index contributed by atoms with van der Waals surface area (Å²) in [6, 6.07) is 14.2. The SMILES string of the molecule is COc1ccc(N2CCN(c3ncnc4sc(C(=O)NCc5ccc(F)cc5)c(C)c34)CC2)cc1. The normalized spacial score (nSPS) is 13.8. The Morgan fingerprint density at radius 1 is 1.03 bits per heavy atom. The second kappa shape index (κ2) is 9.87. The highest BCUT2D eigenvalue weighted by molar-refractivity contribution is 7.20. The number of thiophene rings is 1. The van der Waals surface area contributed by atoms with Gasteiger partial charge in [0.2, 0.25) is 0 Å². The number of aromatic nitrogens is 2. The van der Waals surface area contributed by atoms with E-state index in [2.05, 4.69) is 37.2 Å². The van der Waals surface area contributed by atoms with Crippen molar-refractivity contribution in [2.75, 3.05) is 43.1 Å². The third-order valence-electron chi connectivity index (χ3n) is 6.30. The van der Waals surface area contributed by atoms with Gasteiger partial charge in [-0.15, -0.1) is 11.3 Å². The first-order valence-electron chi connectivity index (χ1n) is 11.4. The number of carbonyl (C=O) groups is 1. The van der Waals surface area contributed by atoms with Crippen LogP contribution in [-0.2, 0) is 6.54 Å². The summed E-state index contributed by atoms with van der Waals surface area (Å²) in [6.45, 7) is 5.65. The van der Waals surface area contributed by atoms with Gasteiger partial charge in [0, 0.05) is 38.4 Å². The summed E-state index contributed by atoms with van der Waals surface area (Å²) in [4.78, 5) is 28.1. The highest BCUT2D eigenvalue weighted by atomic mass is 32.1. The number of anilines is 2. The molecule has 0 atom stereocenters. The predicted octanol–water partition coefficient (Wildman–Crippen LogP) is 4.40. The standard InChI is InChI=1S/C26H26FN5O2S/c1-17-22-24(32-13-11-31(12-14-32)20-7-9-21(34-2)10-8-20)29-16-30-26(22)35-23(17)25(33)28-15-18-3-5-19(27)6-4-18/h3-10,16H,11-15H2,1-2H3,(H,28,33). The van der Waals surface area contributed by atoms with Crippen LogP contribution in [-0.4, -0.2) is 49.2 Å². The highest BCUT2D eigenvalue weighted by Crippen LogP contribution is 2.35. The predicted molar refractivity (Wildman–Crippen MR) is 137 cm³/mol. The first-order chi connectivity index (χ1) is 17.0. The molecule has 1 aliphatic rings. The van der Waals surface area contributed by atoms with Gasteiger partial charge in [-0.1, -0.05) is 12.1 Å².